The number of carbonyl (C=O) groups excluding carboxylic acids is 1. The number of nitrogens with one attached hydrogen (secondary N) is 1. The van der Waals surface area contributed by atoms with Crippen LogP contribution in [0.4, 0.5) is 0 Å². The SMILES string of the molecule is NC1CCCN(C(=O)c2cc(I)c[nH]2)C1. The van der Waals surface area contributed by atoms with Gasteiger partial charge in [-0.1, -0.05) is 0 Å². The highest BCUT2D eigenvalue weighted by Gasteiger charge is 2.22. The molecule has 5 heteroatoms. The van der Waals surface area contributed by atoms with Crippen LogP contribution in [0.1, 0.15) is 23.3 Å². The molecule has 82 valence electrons. The summed E-state index contributed by atoms with van der Waals surface area (Å²) in [6.07, 6.45) is 3.86. The van der Waals surface area contributed by atoms with Crippen molar-refractivity contribution in [2.45, 2.75) is 18.9 Å². The molecule has 3 N–H and O–H groups in total. The number of H-pyrrole nitrogens is 1. The van der Waals surface area contributed by atoms with Crippen LogP contribution < -0.4 is 5.73 Å². The first-order valence-electron chi connectivity index (χ1n) is 5.05. The fourth-order valence-electron chi connectivity index (χ4n) is 1.86. The van der Waals surface area contributed by atoms with E-state index < -0.39 is 0 Å². The Morgan fingerprint density at radius 1 is 1.67 bits per heavy atom. The van der Waals surface area contributed by atoms with Crippen molar-refractivity contribution in [3.63, 3.8) is 0 Å². The number of amides is 1. The second kappa shape index (κ2) is 4.52. The van der Waals surface area contributed by atoms with Crippen molar-refractivity contribution in [1.82, 2.24) is 9.88 Å². The van der Waals surface area contributed by atoms with Gasteiger partial charge >= 0.3 is 0 Å². The fourth-order valence-corrected chi connectivity index (χ4v) is 2.32. The number of aromatic amines is 1. The van der Waals surface area contributed by atoms with Crippen LogP contribution in [0.2, 0.25) is 0 Å². The zero-order valence-corrected chi connectivity index (χ0v) is 10.5. The Bertz CT molecular complexity index is 363. The highest BCUT2D eigenvalue weighted by molar-refractivity contribution is 14.1. The average molecular weight is 319 g/mol. The molecule has 1 unspecified atom stereocenters. The number of piperidine rings is 1. The lowest BCUT2D eigenvalue weighted by Crippen LogP contribution is -2.45. The summed E-state index contributed by atoms with van der Waals surface area (Å²) < 4.78 is 1.05. The van der Waals surface area contributed by atoms with E-state index >= 15 is 0 Å². The quantitative estimate of drug-likeness (QED) is 0.764. The van der Waals surface area contributed by atoms with Gasteiger partial charge in [0.25, 0.3) is 5.91 Å². The average Bonchev–Trinajstić information content (AvgIpc) is 2.64. The Morgan fingerprint density at radius 3 is 3.07 bits per heavy atom. The Labute approximate surface area is 102 Å². The molecule has 0 saturated carbocycles. The van der Waals surface area contributed by atoms with Gasteiger partial charge in [-0.25, -0.2) is 0 Å². The molecule has 0 aromatic carbocycles. The van der Waals surface area contributed by atoms with Gasteiger partial charge in [0, 0.05) is 28.9 Å². The molecule has 0 aliphatic carbocycles. The van der Waals surface area contributed by atoms with Gasteiger partial charge in [0.2, 0.25) is 0 Å². The molecule has 2 heterocycles. The number of carbonyl (C=O) groups is 1. The third-order valence-corrected chi connectivity index (χ3v) is 3.25. The lowest BCUT2D eigenvalue weighted by Gasteiger charge is -2.30. The Morgan fingerprint density at radius 2 is 2.47 bits per heavy atom. The summed E-state index contributed by atoms with van der Waals surface area (Å²) in [5.41, 5.74) is 6.50. The Hall–Kier alpha value is -0.560. The van der Waals surface area contributed by atoms with Gasteiger partial charge in [0.1, 0.15) is 5.69 Å². The van der Waals surface area contributed by atoms with E-state index in [1.165, 1.54) is 0 Å². The van der Waals surface area contributed by atoms with Crippen LogP contribution in [0, 0.1) is 3.57 Å². The molecule has 1 amide bonds. The third kappa shape index (κ3) is 2.52. The predicted molar refractivity (Wildman–Crippen MR) is 66.6 cm³/mol. The van der Waals surface area contributed by atoms with Crippen molar-refractivity contribution in [3.05, 3.63) is 21.5 Å². The van der Waals surface area contributed by atoms with Crippen molar-refractivity contribution >= 4 is 28.5 Å². The highest BCUT2D eigenvalue weighted by atomic mass is 127. The van der Waals surface area contributed by atoms with E-state index in [0.717, 1.165) is 23.0 Å². The van der Waals surface area contributed by atoms with Crippen LogP contribution in [0.3, 0.4) is 0 Å². The standard InChI is InChI=1S/C10H14IN3O/c11-7-4-9(13-5-7)10(15)14-3-1-2-8(12)6-14/h4-5,8,13H,1-3,6,12H2. The van der Waals surface area contributed by atoms with Crippen LogP contribution >= 0.6 is 22.6 Å². The molecule has 15 heavy (non-hydrogen) atoms. The van der Waals surface area contributed by atoms with E-state index in [9.17, 15) is 4.79 Å². The minimum atomic E-state index is 0.0630. The van der Waals surface area contributed by atoms with E-state index in [1.54, 1.807) is 0 Å². The van der Waals surface area contributed by atoms with Gasteiger partial charge in [0.15, 0.2) is 0 Å². The molecule has 1 aromatic heterocycles. The molecule has 4 nitrogen and oxygen atoms in total. The molecule has 1 aromatic rings. The van der Waals surface area contributed by atoms with Gasteiger partial charge in [-0.3, -0.25) is 4.79 Å². The summed E-state index contributed by atoms with van der Waals surface area (Å²) in [7, 11) is 0. The van der Waals surface area contributed by atoms with Crippen LogP contribution in [0.15, 0.2) is 12.3 Å². The van der Waals surface area contributed by atoms with Crippen LogP contribution in [-0.4, -0.2) is 34.9 Å². The molecule has 1 fully saturated rings. The van der Waals surface area contributed by atoms with E-state index in [4.69, 9.17) is 5.73 Å². The summed E-state index contributed by atoms with van der Waals surface area (Å²) in [4.78, 5) is 16.8. The van der Waals surface area contributed by atoms with Crippen LogP contribution in [0.25, 0.3) is 0 Å². The number of nitrogens with zero attached hydrogens (tertiary/aromatic N) is 1. The first-order chi connectivity index (χ1) is 7.16. The van der Waals surface area contributed by atoms with Gasteiger partial charge in [-0.15, -0.1) is 0 Å². The first-order valence-corrected chi connectivity index (χ1v) is 6.13. The topological polar surface area (TPSA) is 62.1 Å². The third-order valence-electron chi connectivity index (χ3n) is 2.62. The Balaban J connectivity index is 2.07. The first kappa shape index (κ1) is 10.9. The number of nitrogens with two attached hydrogens (primary N) is 1. The van der Waals surface area contributed by atoms with Crippen molar-refractivity contribution in [2.75, 3.05) is 13.1 Å². The molecule has 2 rings (SSSR count). The number of hydrogen-bond acceptors (Lipinski definition) is 2. The fraction of sp³-hybridized carbons (Fsp3) is 0.500. The molecule has 0 bridgehead atoms. The molecular formula is C10H14IN3O. The van der Waals surface area contributed by atoms with E-state index in [2.05, 4.69) is 27.6 Å². The maximum atomic E-state index is 12.0. The minimum absolute atomic E-state index is 0.0630. The second-order valence-corrected chi connectivity index (χ2v) is 5.13. The van der Waals surface area contributed by atoms with E-state index in [0.29, 0.717) is 12.2 Å². The summed E-state index contributed by atoms with van der Waals surface area (Å²) >= 11 is 2.18. The monoisotopic (exact) mass is 319 g/mol. The smallest absolute Gasteiger partial charge is 0.270 e. The number of rotatable bonds is 1. The number of likely N-dealkylation sites (tertiary alicyclic amines) is 1. The second-order valence-electron chi connectivity index (χ2n) is 3.89. The molecule has 1 saturated heterocycles. The number of hydrogen-bond donors (Lipinski definition) is 2. The highest BCUT2D eigenvalue weighted by Crippen LogP contribution is 2.13. The van der Waals surface area contributed by atoms with Crippen molar-refractivity contribution < 1.29 is 4.79 Å². The van der Waals surface area contributed by atoms with Gasteiger partial charge in [0.05, 0.1) is 0 Å². The lowest BCUT2D eigenvalue weighted by molar-refractivity contribution is 0.0703. The van der Waals surface area contributed by atoms with Crippen molar-refractivity contribution in [1.29, 1.82) is 0 Å². The van der Waals surface area contributed by atoms with Crippen LogP contribution in [0.5, 0.6) is 0 Å². The minimum Gasteiger partial charge on any atom is -0.356 e. The summed E-state index contributed by atoms with van der Waals surface area (Å²) in [6.45, 7) is 1.50. The number of aromatic nitrogens is 1. The van der Waals surface area contributed by atoms with Crippen molar-refractivity contribution in [2.24, 2.45) is 5.73 Å². The maximum absolute atomic E-state index is 12.0. The maximum Gasteiger partial charge on any atom is 0.270 e. The lowest BCUT2D eigenvalue weighted by atomic mass is 10.1. The summed E-state index contributed by atoms with van der Waals surface area (Å²) in [5.74, 6) is 0.0630. The van der Waals surface area contributed by atoms with Gasteiger partial charge < -0.3 is 15.6 Å². The normalized spacial score (nSPS) is 21.7. The van der Waals surface area contributed by atoms with E-state index in [-0.39, 0.29) is 11.9 Å². The zero-order chi connectivity index (χ0) is 10.8. The Kier molecular flexibility index (Phi) is 3.30. The molecule has 1 aliphatic heterocycles. The summed E-state index contributed by atoms with van der Waals surface area (Å²) in [6, 6.07) is 2.00. The van der Waals surface area contributed by atoms with E-state index in [1.807, 2.05) is 17.2 Å². The van der Waals surface area contributed by atoms with Gasteiger partial charge in [-0.05, 0) is 41.5 Å². The molecule has 0 radical (unpaired) electrons. The molecular weight excluding hydrogens is 305 g/mol. The zero-order valence-electron chi connectivity index (χ0n) is 8.37. The molecule has 0 spiro atoms. The van der Waals surface area contributed by atoms with Crippen molar-refractivity contribution in [3.8, 4) is 0 Å². The predicted octanol–water partition coefficient (Wildman–Crippen LogP) is 1.18. The molecule has 1 atom stereocenters. The number of halogens is 1. The molecule has 1 aliphatic rings. The summed E-state index contributed by atoms with van der Waals surface area (Å²) in [5, 5.41) is 0. The van der Waals surface area contributed by atoms with Crippen LogP contribution in [-0.2, 0) is 0 Å². The van der Waals surface area contributed by atoms with Gasteiger partial charge in [-0.2, -0.15) is 0 Å². The largest absolute Gasteiger partial charge is 0.356 e.